The lowest BCUT2D eigenvalue weighted by Crippen LogP contribution is -2.51. The molecule has 0 radical (unpaired) electrons. The van der Waals surface area contributed by atoms with Gasteiger partial charge in [-0.05, 0) is 25.3 Å². The van der Waals surface area contributed by atoms with E-state index in [0.717, 1.165) is 0 Å². The Hall–Kier alpha value is -1.20. The monoisotopic (exact) mass is 197 g/mol. The molecule has 2 unspecified atom stereocenters. The standard InChI is InChI=1S/C9H11NO4/c1-5(2)7(11)9(8(12)13)4-3-6-10(9)14-6/h6H,1,3-4H2,2H3,(H,12,13)/t6?,9-,10?/m1/s1. The van der Waals surface area contributed by atoms with Crippen molar-refractivity contribution in [2.45, 2.75) is 31.5 Å². The van der Waals surface area contributed by atoms with Gasteiger partial charge in [-0.2, -0.15) is 0 Å². The molecule has 2 saturated heterocycles. The first-order valence-corrected chi connectivity index (χ1v) is 4.40. The fraction of sp³-hybridized carbons (Fsp3) is 0.556. The first-order chi connectivity index (χ1) is 6.50. The highest BCUT2D eigenvalue weighted by Crippen LogP contribution is 2.46. The fourth-order valence-electron chi connectivity index (χ4n) is 1.92. The molecule has 0 aliphatic carbocycles. The molecule has 2 aliphatic rings. The van der Waals surface area contributed by atoms with E-state index in [2.05, 4.69) is 6.58 Å². The number of carbonyl (C=O) groups is 2. The van der Waals surface area contributed by atoms with Gasteiger partial charge in [0, 0.05) is 0 Å². The number of ketones is 1. The number of aliphatic carboxylic acids is 1. The molecule has 14 heavy (non-hydrogen) atoms. The first kappa shape index (κ1) is 9.36. The van der Waals surface area contributed by atoms with E-state index in [1.165, 1.54) is 12.0 Å². The molecule has 5 nitrogen and oxygen atoms in total. The van der Waals surface area contributed by atoms with Crippen molar-refractivity contribution < 1.29 is 19.5 Å². The smallest absolute Gasteiger partial charge is 0.334 e. The summed E-state index contributed by atoms with van der Waals surface area (Å²) in [6.07, 6.45) is 0.707. The Balaban J connectivity index is 2.36. The number of Topliss-reactive ketones (excluding diaryl/α,β-unsaturated/α-hetero) is 1. The van der Waals surface area contributed by atoms with E-state index in [-0.39, 0.29) is 11.8 Å². The molecule has 76 valence electrons. The third-order valence-corrected chi connectivity index (χ3v) is 2.70. The highest BCUT2D eigenvalue weighted by Gasteiger charge is 2.66. The van der Waals surface area contributed by atoms with Crippen molar-refractivity contribution in [1.82, 2.24) is 5.06 Å². The predicted octanol–water partition coefficient (Wildman–Crippen LogP) is 0.322. The topological polar surface area (TPSA) is 69.9 Å². The molecule has 1 N–H and O–H groups in total. The van der Waals surface area contributed by atoms with Crippen LogP contribution in [0.1, 0.15) is 19.8 Å². The summed E-state index contributed by atoms with van der Waals surface area (Å²) in [5.74, 6) is -1.60. The van der Waals surface area contributed by atoms with E-state index >= 15 is 0 Å². The van der Waals surface area contributed by atoms with E-state index in [0.29, 0.717) is 12.8 Å². The largest absolute Gasteiger partial charge is 0.479 e. The molecule has 0 bridgehead atoms. The van der Waals surface area contributed by atoms with Gasteiger partial charge in [-0.25, -0.2) is 4.79 Å². The Labute approximate surface area is 80.9 Å². The van der Waals surface area contributed by atoms with E-state index < -0.39 is 17.3 Å². The van der Waals surface area contributed by atoms with Crippen LogP contribution in [0.3, 0.4) is 0 Å². The lowest BCUT2D eigenvalue weighted by Gasteiger charge is -2.23. The lowest BCUT2D eigenvalue weighted by molar-refractivity contribution is -0.157. The summed E-state index contributed by atoms with van der Waals surface area (Å²) >= 11 is 0. The second-order valence-electron chi connectivity index (χ2n) is 3.70. The zero-order valence-electron chi connectivity index (χ0n) is 7.82. The Kier molecular flexibility index (Phi) is 1.77. The summed E-state index contributed by atoms with van der Waals surface area (Å²) in [7, 11) is 0. The highest BCUT2D eigenvalue weighted by molar-refractivity contribution is 6.15. The van der Waals surface area contributed by atoms with Crippen LogP contribution in [0.5, 0.6) is 0 Å². The lowest BCUT2D eigenvalue weighted by atomic mass is 9.88. The SMILES string of the molecule is C=C(C)C(=O)[C@@]1(C(=O)O)CCC2ON21. The third-order valence-electron chi connectivity index (χ3n) is 2.70. The Morgan fingerprint density at radius 3 is 2.57 bits per heavy atom. The summed E-state index contributed by atoms with van der Waals surface area (Å²) < 4.78 is 0. The molecule has 0 aromatic carbocycles. The summed E-state index contributed by atoms with van der Waals surface area (Å²) in [5, 5.41) is 10.4. The summed E-state index contributed by atoms with van der Waals surface area (Å²) in [4.78, 5) is 27.9. The van der Waals surface area contributed by atoms with Crippen LogP contribution in [0.25, 0.3) is 0 Å². The van der Waals surface area contributed by atoms with E-state index in [4.69, 9.17) is 9.94 Å². The van der Waals surface area contributed by atoms with Crippen LogP contribution in [0.2, 0.25) is 0 Å². The third kappa shape index (κ3) is 0.964. The Morgan fingerprint density at radius 1 is 1.64 bits per heavy atom. The number of hydroxylamine groups is 2. The molecular formula is C9H11NO4. The predicted molar refractivity (Wildman–Crippen MR) is 46.1 cm³/mol. The molecule has 0 aromatic heterocycles. The molecular weight excluding hydrogens is 186 g/mol. The van der Waals surface area contributed by atoms with Crippen LogP contribution < -0.4 is 0 Å². The van der Waals surface area contributed by atoms with Gasteiger partial charge in [0.15, 0.2) is 12.0 Å². The maximum absolute atomic E-state index is 11.7. The number of fused-ring (bicyclic) bond motifs is 1. The van der Waals surface area contributed by atoms with Gasteiger partial charge in [0.1, 0.15) is 0 Å². The number of nitrogens with zero attached hydrogens (tertiary/aromatic N) is 1. The van der Waals surface area contributed by atoms with Crippen molar-refractivity contribution in [3.05, 3.63) is 12.2 Å². The second kappa shape index (κ2) is 2.65. The fourth-order valence-corrected chi connectivity index (χ4v) is 1.92. The molecule has 2 heterocycles. The van der Waals surface area contributed by atoms with Crippen LogP contribution in [0.15, 0.2) is 12.2 Å². The molecule has 0 amide bonds. The van der Waals surface area contributed by atoms with E-state index in [1.807, 2.05) is 0 Å². The van der Waals surface area contributed by atoms with Crippen LogP contribution >= 0.6 is 0 Å². The van der Waals surface area contributed by atoms with Gasteiger partial charge in [-0.15, -0.1) is 5.06 Å². The number of rotatable bonds is 3. The van der Waals surface area contributed by atoms with Crippen molar-refractivity contribution in [3.63, 3.8) is 0 Å². The Bertz CT molecular complexity index is 338. The minimum absolute atomic E-state index is 0.186. The maximum atomic E-state index is 11.7. The van der Waals surface area contributed by atoms with Gasteiger partial charge in [0.05, 0.1) is 0 Å². The van der Waals surface area contributed by atoms with Crippen molar-refractivity contribution in [2.75, 3.05) is 0 Å². The maximum Gasteiger partial charge on any atom is 0.334 e. The van der Waals surface area contributed by atoms with Crippen LogP contribution in [0, 0.1) is 0 Å². The summed E-state index contributed by atoms with van der Waals surface area (Å²) in [5.41, 5.74) is -1.25. The normalized spacial score (nSPS) is 38.9. The van der Waals surface area contributed by atoms with Gasteiger partial charge >= 0.3 is 5.97 Å². The molecule has 2 rings (SSSR count). The molecule has 0 spiro atoms. The second-order valence-corrected chi connectivity index (χ2v) is 3.70. The molecule has 0 aromatic rings. The quantitative estimate of drug-likeness (QED) is 0.401. The minimum Gasteiger partial charge on any atom is -0.479 e. The zero-order valence-corrected chi connectivity index (χ0v) is 7.82. The average Bonchev–Trinajstić information content (AvgIpc) is 2.79. The molecule has 2 fully saturated rings. The number of hydrogen-bond acceptors (Lipinski definition) is 4. The van der Waals surface area contributed by atoms with Crippen LogP contribution in [0.4, 0.5) is 0 Å². The summed E-state index contributed by atoms with van der Waals surface area (Å²) in [6, 6.07) is 0. The van der Waals surface area contributed by atoms with Crippen molar-refractivity contribution in [3.8, 4) is 0 Å². The van der Waals surface area contributed by atoms with Crippen molar-refractivity contribution in [2.24, 2.45) is 0 Å². The number of carbonyl (C=O) groups excluding carboxylic acids is 1. The van der Waals surface area contributed by atoms with E-state index in [1.54, 1.807) is 0 Å². The number of carboxylic acid groups (broad SMARTS) is 1. The minimum atomic E-state index is -1.50. The molecule has 5 heteroatoms. The van der Waals surface area contributed by atoms with Crippen LogP contribution in [-0.2, 0) is 14.4 Å². The van der Waals surface area contributed by atoms with Crippen molar-refractivity contribution in [1.29, 1.82) is 0 Å². The number of hydrogen-bond donors (Lipinski definition) is 1. The molecule has 2 aliphatic heterocycles. The highest BCUT2D eigenvalue weighted by atomic mass is 16.8. The first-order valence-electron chi connectivity index (χ1n) is 4.40. The van der Waals surface area contributed by atoms with Gasteiger partial charge in [-0.1, -0.05) is 6.58 Å². The van der Waals surface area contributed by atoms with Crippen molar-refractivity contribution >= 4 is 11.8 Å². The molecule has 0 saturated carbocycles. The van der Waals surface area contributed by atoms with Gasteiger partial charge in [-0.3, -0.25) is 9.63 Å². The zero-order chi connectivity index (χ0) is 10.5. The summed E-state index contributed by atoms with van der Waals surface area (Å²) in [6.45, 7) is 5.00. The van der Waals surface area contributed by atoms with E-state index in [9.17, 15) is 9.59 Å². The number of carboxylic acids is 1. The van der Waals surface area contributed by atoms with Gasteiger partial charge in [0.2, 0.25) is 5.54 Å². The molecule has 3 atom stereocenters. The van der Waals surface area contributed by atoms with Crippen LogP contribution in [-0.4, -0.2) is 33.7 Å². The van der Waals surface area contributed by atoms with Gasteiger partial charge < -0.3 is 5.11 Å². The Morgan fingerprint density at radius 2 is 2.29 bits per heavy atom. The average molecular weight is 197 g/mol. The van der Waals surface area contributed by atoms with Gasteiger partial charge in [0.25, 0.3) is 0 Å².